The molecule has 4 rings (SSSR count). The Hall–Kier alpha value is -3.67. The summed E-state index contributed by atoms with van der Waals surface area (Å²) in [6.45, 7) is 4.88. The summed E-state index contributed by atoms with van der Waals surface area (Å²) >= 11 is 1.34. The Kier molecular flexibility index (Phi) is 8.50. The third-order valence-electron chi connectivity index (χ3n) is 6.83. The zero-order valence-corrected chi connectivity index (χ0v) is 22.4. The lowest BCUT2D eigenvalue weighted by atomic mass is 9.92. The number of aliphatic imine (C=N–C) groups is 1. The minimum Gasteiger partial charge on any atom is -0.466 e. The molecule has 12 heteroatoms. The van der Waals surface area contributed by atoms with Crippen LogP contribution in [0.15, 0.2) is 51.6 Å². The molecular formula is C26H30N4O7S. The molecule has 11 nitrogen and oxygen atoms in total. The predicted octanol–water partition coefficient (Wildman–Crippen LogP) is 3.92. The quantitative estimate of drug-likeness (QED) is 0.272. The Bertz CT molecular complexity index is 1230. The minimum atomic E-state index is -0.742. The normalized spacial score (nSPS) is 19.5. The molecule has 1 aromatic rings. The van der Waals surface area contributed by atoms with E-state index in [-0.39, 0.29) is 35.5 Å². The smallest absolute Gasteiger partial charge is 0.338 e. The lowest BCUT2D eigenvalue weighted by molar-refractivity contribution is -0.384. The third kappa shape index (κ3) is 5.45. The summed E-state index contributed by atoms with van der Waals surface area (Å²) in [6.07, 6.45) is 1.59. The number of fused-ring (bicyclic) bond motifs is 1. The lowest BCUT2D eigenvalue weighted by Gasteiger charge is -2.37. The number of carbonyl (C=O) groups is 3. The molecule has 3 aliphatic rings. The average Bonchev–Trinajstić information content (AvgIpc) is 3.33. The van der Waals surface area contributed by atoms with Gasteiger partial charge < -0.3 is 19.3 Å². The van der Waals surface area contributed by atoms with E-state index in [1.165, 1.54) is 31.0 Å². The van der Waals surface area contributed by atoms with Gasteiger partial charge in [0.15, 0.2) is 5.17 Å². The van der Waals surface area contributed by atoms with E-state index in [0.717, 1.165) is 0 Å². The number of benzene rings is 1. The van der Waals surface area contributed by atoms with Gasteiger partial charge in [-0.1, -0.05) is 30.8 Å². The number of likely N-dealkylation sites (tertiary alicyclic amines) is 1. The van der Waals surface area contributed by atoms with Gasteiger partial charge in [-0.05, 0) is 37.2 Å². The molecule has 1 atom stereocenters. The third-order valence-corrected chi connectivity index (χ3v) is 7.71. The van der Waals surface area contributed by atoms with Gasteiger partial charge in [0.2, 0.25) is 5.91 Å². The largest absolute Gasteiger partial charge is 0.466 e. The maximum Gasteiger partial charge on any atom is 0.338 e. The first-order valence-corrected chi connectivity index (χ1v) is 13.4. The fourth-order valence-corrected chi connectivity index (χ4v) is 5.87. The minimum absolute atomic E-state index is 0.0530. The van der Waals surface area contributed by atoms with E-state index in [1.807, 2.05) is 12.3 Å². The SMILES string of the molecule is CCOC(=O)C1CCN(C(=O)CC2=CSC3=NC(CC)=C(C(=O)OC)[C@H](c4cccc([N+](=O)[O-])c4)N23)CC1. The van der Waals surface area contributed by atoms with Gasteiger partial charge in [0.05, 0.1) is 48.3 Å². The summed E-state index contributed by atoms with van der Waals surface area (Å²) in [7, 11) is 1.28. The number of ether oxygens (including phenoxy) is 2. The van der Waals surface area contributed by atoms with Crippen molar-refractivity contribution in [1.82, 2.24) is 9.80 Å². The van der Waals surface area contributed by atoms with Crippen molar-refractivity contribution in [3.8, 4) is 0 Å². The van der Waals surface area contributed by atoms with Crippen molar-refractivity contribution < 1.29 is 28.8 Å². The van der Waals surface area contributed by atoms with Crippen molar-refractivity contribution in [2.45, 2.75) is 45.6 Å². The Morgan fingerprint density at radius 1 is 1.21 bits per heavy atom. The Morgan fingerprint density at radius 3 is 2.58 bits per heavy atom. The molecule has 0 spiro atoms. The van der Waals surface area contributed by atoms with Crippen LogP contribution in [0.5, 0.6) is 0 Å². The predicted molar refractivity (Wildman–Crippen MR) is 141 cm³/mol. The fourth-order valence-electron chi connectivity index (χ4n) is 4.93. The summed E-state index contributed by atoms with van der Waals surface area (Å²) in [4.78, 5) is 57.6. The second-order valence-corrected chi connectivity index (χ2v) is 9.87. The average molecular weight is 543 g/mol. The number of carbonyl (C=O) groups excluding carboxylic acids is 3. The van der Waals surface area contributed by atoms with Crippen molar-refractivity contribution in [3.63, 3.8) is 0 Å². The van der Waals surface area contributed by atoms with E-state index in [4.69, 9.17) is 9.47 Å². The van der Waals surface area contributed by atoms with Crippen molar-refractivity contribution in [2.75, 3.05) is 26.8 Å². The van der Waals surface area contributed by atoms with Crippen LogP contribution in [0.1, 0.15) is 51.1 Å². The van der Waals surface area contributed by atoms with Gasteiger partial charge in [0, 0.05) is 30.9 Å². The number of nitro benzene ring substituents is 1. The molecule has 38 heavy (non-hydrogen) atoms. The maximum atomic E-state index is 13.3. The highest BCUT2D eigenvalue weighted by Gasteiger charge is 2.42. The second-order valence-electron chi connectivity index (χ2n) is 9.04. The van der Waals surface area contributed by atoms with Crippen LogP contribution in [0.2, 0.25) is 0 Å². The van der Waals surface area contributed by atoms with Gasteiger partial charge in [0.1, 0.15) is 0 Å². The molecule has 0 saturated carbocycles. The molecular weight excluding hydrogens is 512 g/mol. The summed E-state index contributed by atoms with van der Waals surface area (Å²) in [5, 5.41) is 13.9. The van der Waals surface area contributed by atoms with Crippen LogP contribution in [-0.2, 0) is 23.9 Å². The van der Waals surface area contributed by atoms with E-state index in [2.05, 4.69) is 4.99 Å². The highest BCUT2D eigenvalue weighted by molar-refractivity contribution is 8.16. The Balaban J connectivity index is 1.61. The van der Waals surface area contributed by atoms with Crippen LogP contribution < -0.4 is 0 Å². The lowest BCUT2D eigenvalue weighted by Crippen LogP contribution is -2.42. The van der Waals surface area contributed by atoms with Crippen molar-refractivity contribution >= 4 is 40.5 Å². The number of nitrogens with zero attached hydrogens (tertiary/aromatic N) is 4. The first-order chi connectivity index (χ1) is 18.3. The highest BCUT2D eigenvalue weighted by atomic mass is 32.2. The Morgan fingerprint density at radius 2 is 1.95 bits per heavy atom. The van der Waals surface area contributed by atoms with Crippen molar-refractivity contribution in [1.29, 1.82) is 0 Å². The summed E-state index contributed by atoms with van der Waals surface area (Å²) < 4.78 is 10.2. The van der Waals surface area contributed by atoms with Gasteiger partial charge in [-0.25, -0.2) is 9.79 Å². The molecule has 1 fully saturated rings. The van der Waals surface area contributed by atoms with Gasteiger partial charge in [0.25, 0.3) is 5.69 Å². The van der Waals surface area contributed by atoms with Gasteiger partial charge in [-0.2, -0.15) is 0 Å². The molecule has 0 bridgehead atoms. The van der Waals surface area contributed by atoms with E-state index >= 15 is 0 Å². The number of piperidine rings is 1. The standard InChI is InChI=1S/C26H30N4O7S/c1-4-20-22(25(33)36-3)23(17-7-6-8-18(13-17)30(34)35)29-19(15-38-26(29)27-20)14-21(31)28-11-9-16(10-12-28)24(32)37-5-2/h6-8,13,15-16,23H,4-5,9-12,14H2,1-3H3/t23-/m0/s1. The molecule has 0 unspecified atom stereocenters. The second kappa shape index (κ2) is 11.8. The summed E-state index contributed by atoms with van der Waals surface area (Å²) in [5.74, 6) is -1.12. The van der Waals surface area contributed by atoms with Crippen molar-refractivity contribution in [3.05, 3.63) is 62.3 Å². The molecule has 3 heterocycles. The zero-order chi connectivity index (χ0) is 27.4. The van der Waals surface area contributed by atoms with Crippen LogP contribution in [-0.4, -0.2) is 64.5 Å². The molecule has 0 radical (unpaired) electrons. The fraction of sp³-hybridized carbons (Fsp3) is 0.462. The number of rotatable bonds is 8. The first-order valence-electron chi connectivity index (χ1n) is 12.5. The van der Waals surface area contributed by atoms with Crippen LogP contribution in [0.3, 0.4) is 0 Å². The number of amidine groups is 1. The van der Waals surface area contributed by atoms with Gasteiger partial charge in [-0.3, -0.25) is 19.7 Å². The molecule has 202 valence electrons. The van der Waals surface area contributed by atoms with Crippen LogP contribution in [0.4, 0.5) is 5.69 Å². The summed E-state index contributed by atoms with van der Waals surface area (Å²) in [6, 6.07) is 5.38. The molecule has 1 amide bonds. The molecule has 0 aliphatic carbocycles. The van der Waals surface area contributed by atoms with E-state index in [9.17, 15) is 24.5 Å². The molecule has 3 aliphatic heterocycles. The van der Waals surface area contributed by atoms with Crippen LogP contribution in [0, 0.1) is 16.0 Å². The number of non-ortho nitro benzene ring substituents is 1. The van der Waals surface area contributed by atoms with Crippen LogP contribution in [0.25, 0.3) is 0 Å². The maximum absolute atomic E-state index is 13.3. The molecule has 1 aromatic carbocycles. The number of esters is 2. The highest BCUT2D eigenvalue weighted by Crippen LogP contribution is 2.46. The monoisotopic (exact) mass is 542 g/mol. The number of hydrogen-bond acceptors (Lipinski definition) is 10. The van der Waals surface area contributed by atoms with E-state index in [1.54, 1.807) is 28.9 Å². The molecule has 0 N–H and O–H groups in total. The number of nitro groups is 1. The summed E-state index contributed by atoms with van der Waals surface area (Å²) in [5.41, 5.74) is 1.88. The molecule has 0 aromatic heterocycles. The number of methoxy groups -OCH3 is 1. The molecule has 1 saturated heterocycles. The van der Waals surface area contributed by atoms with Gasteiger partial charge in [-0.15, -0.1) is 0 Å². The Labute approximate surface area is 224 Å². The van der Waals surface area contributed by atoms with E-state index in [0.29, 0.717) is 61.1 Å². The van der Waals surface area contributed by atoms with Gasteiger partial charge >= 0.3 is 11.9 Å². The number of thioether (sulfide) groups is 1. The first kappa shape index (κ1) is 27.4. The zero-order valence-electron chi connectivity index (χ0n) is 21.5. The topological polar surface area (TPSA) is 132 Å². The number of hydrogen-bond donors (Lipinski definition) is 0. The van der Waals surface area contributed by atoms with E-state index < -0.39 is 16.9 Å². The number of allylic oxidation sites excluding steroid dienone is 1. The van der Waals surface area contributed by atoms with Crippen LogP contribution >= 0.6 is 11.8 Å². The van der Waals surface area contributed by atoms with Crippen molar-refractivity contribution in [2.24, 2.45) is 10.9 Å². The number of amides is 1.